The molecule has 0 aliphatic carbocycles. The summed E-state index contributed by atoms with van der Waals surface area (Å²) in [5, 5.41) is 2.68. The third-order valence-electron chi connectivity index (χ3n) is 5.34. The van der Waals surface area contributed by atoms with E-state index in [0.29, 0.717) is 10.8 Å². The Kier molecular flexibility index (Phi) is 7.56. The van der Waals surface area contributed by atoms with Crippen LogP contribution in [0, 0.1) is 10.8 Å². The summed E-state index contributed by atoms with van der Waals surface area (Å²) >= 11 is 0. The van der Waals surface area contributed by atoms with Crippen molar-refractivity contribution >= 4 is 10.8 Å². The largest absolute Gasteiger partial charge is 0.0622 e. The van der Waals surface area contributed by atoms with E-state index in [9.17, 15) is 0 Å². The minimum absolute atomic E-state index is 0.355. The highest BCUT2D eigenvalue weighted by Gasteiger charge is 2.11. The standard InChI is InChI=1S/C17H20.C15H18/c1-17(2,3)13-14-9-11-16(12-10-14)15-7-5-4-6-8-15;1-15(2,3)11-12-8-9-13-6-4-5-7-14(13)10-12/h4-12H,13H2,1-3H3;4-10H,11H2,1-3H3. The van der Waals surface area contributed by atoms with E-state index in [1.807, 2.05) is 0 Å². The van der Waals surface area contributed by atoms with E-state index >= 15 is 0 Å². The number of rotatable bonds is 3. The lowest BCUT2D eigenvalue weighted by molar-refractivity contribution is 0.411. The third kappa shape index (κ3) is 7.68. The van der Waals surface area contributed by atoms with Crippen molar-refractivity contribution in [2.45, 2.75) is 54.4 Å². The first-order valence-electron chi connectivity index (χ1n) is 11.7. The van der Waals surface area contributed by atoms with Gasteiger partial charge in [0.15, 0.2) is 0 Å². The zero-order valence-corrected chi connectivity index (χ0v) is 20.7. The van der Waals surface area contributed by atoms with Gasteiger partial charge in [-0.3, -0.25) is 0 Å². The van der Waals surface area contributed by atoms with Gasteiger partial charge in [-0.05, 0) is 56.7 Å². The first-order valence-corrected chi connectivity index (χ1v) is 11.7. The molecule has 0 heterocycles. The molecule has 0 N–H and O–H groups in total. The summed E-state index contributed by atoms with van der Waals surface area (Å²) in [6.07, 6.45) is 2.26. The fraction of sp³-hybridized carbons (Fsp3) is 0.312. The summed E-state index contributed by atoms with van der Waals surface area (Å²) in [7, 11) is 0. The predicted molar refractivity (Wildman–Crippen MR) is 142 cm³/mol. The lowest BCUT2D eigenvalue weighted by Crippen LogP contribution is -2.08. The maximum Gasteiger partial charge on any atom is -0.0181 e. The molecule has 32 heavy (non-hydrogen) atoms. The van der Waals surface area contributed by atoms with E-state index in [0.717, 1.165) is 12.8 Å². The van der Waals surface area contributed by atoms with Gasteiger partial charge in [-0.1, -0.05) is 139 Å². The quantitative estimate of drug-likeness (QED) is 0.308. The number of benzene rings is 4. The second-order valence-electron chi connectivity index (χ2n) is 11.2. The Morgan fingerprint density at radius 1 is 0.438 bits per heavy atom. The molecule has 0 saturated carbocycles. The fourth-order valence-electron chi connectivity index (χ4n) is 4.02. The molecule has 0 radical (unpaired) electrons. The summed E-state index contributed by atoms with van der Waals surface area (Å²) in [5.41, 5.74) is 6.15. The van der Waals surface area contributed by atoms with Crippen LogP contribution in [-0.4, -0.2) is 0 Å². The Hall–Kier alpha value is -2.86. The Morgan fingerprint density at radius 2 is 0.906 bits per heavy atom. The van der Waals surface area contributed by atoms with Crippen molar-refractivity contribution in [3.05, 3.63) is 108 Å². The molecule has 0 amide bonds. The predicted octanol–water partition coefficient (Wildman–Crippen LogP) is 9.37. The molecule has 0 spiro atoms. The summed E-state index contributed by atoms with van der Waals surface area (Å²) < 4.78 is 0. The minimum Gasteiger partial charge on any atom is -0.0622 e. The Morgan fingerprint density at radius 3 is 1.50 bits per heavy atom. The van der Waals surface area contributed by atoms with E-state index in [2.05, 4.69) is 139 Å². The van der Waals surface area contributed by atoms with Crippen molar-refractivity contribution in [3.63, 3.8) is 0 Å². The van der Waals surface area contributed by atoms with E-state index in [4.69, 9.17) is 0 Å². The van der Waals surface area contributed by atoms with Crippen molar-refractivity contribution in [1.29, 1.82) is 0 Å². The molecule has 0 aromatic heterocycles. The molecular formula is C32H38. The topological polar surface area (TPSA) is 0 Å². The molecule has 166 valence electrons. The highest BCUT2D eigenvalue weighted by atomic mass is 14.2. The molecule has 0 aliphatic rings. The van der Waals surface area contributed by atoms with Crippen LogP contribution >= 0.6 is 0 Å². The second-order valence-corrected chi connectivity index (χ2v) is 11.2. The molecule has 4 aromatic carbocycles. The first-order chi connectivity index (χ1) is 15.1. The minimum atomic E-state index is 0.355. The summed E-state index contributed by atoms with van der Waals surface area (Å²) in [5.74, 6) is 0. The Labute approximate surface area is 195 Å². The molecule has 0 heteroatoms. The van der Waals surface area contributed by atoms with Crippen LogP contribution in [-0.2, 0) is 12.8 Å². The van der Waals surface area contributed by atoms with Crippen LogP contribution in [0.2, 0.25) is 0 Å². The van der Waals surface area contributed by atoms with Crippen LogP contribution in [0.4, 0.5) is 0 Å². The molecule has 4 rings (SSSR count). The van der Waals surface area contributed by atoms with Gasteiger partial charge in [-0.25, -0.2) is 0 Å². The summed E-state index contributed by atoms with van der Waals surface area (Å²) in [6, 6.07) is 34.7. The van der Waals surface area contributed by atoms with Crippen LogP contribution in [0.25, 0.3) is 21.9 Å². The van der Waals surface area contributed by atoms with Crippen molar-refractivity contribution in [3.8, 4) is 11.1 Å². The van der Waals surface area contributed by atoms with Crippen LogP contribution in [0.1, 0.15) is 52.7 Å². The molecule has 0 aliphatic heterocycles. The van der Waals surface area contributed by atoms with Gasteiger partial charge in [0, 0.05) is 0 Å². The van der Waals surface area contributed by atoms with Gasteiger partial charge in [0.05, 0.1) is 0 Å². The van der Waals surface area contributed by atoms with Gasteiger partial charge < -0.3 is 0 Å². The molecule has 0 atom stereocenters. The Balaban J connectivity index is 0.000000182. The van der Waals surface area contributed by atoms with Gasteiger partial charge in [-0.2, -0.15) is 0 Å². The highest BCUT2D eigenvalue weighted by molar-refractivity contribution is 5.83. The second kappa shape index (κ2) is 10.2. The van der Waals surface area contributed by atoms with E-state index in [1.54, 1.807) is 0 Å². The summed E-state index contributed by atoms with van der Waals surface area (Å²) in [6.45, 7) is 13.7. The van der Waals surface area contributed by atoms with Crippen molar-refractivity contribution in [2.24, 2.45) is 10.8 Å². The van der Waals surface area contributed by atoms with Gasteiger partial charge in [-0.15, -0.1) is 0 Å². The zero-order chi connectivity index (χ0) is 23.2. The number of hydrogen-bond acceptors (Lipinski definition) is 0. The molecule has 4 aromatic rings. The van der Waals surface area contributed by atoms with Gasteiger partial charge in [0.1, 0.15) is 0 Å². The number of hydrogen-bond donors (Lipinski definition) is 0. The SMILES string of the molecule is CC(C)(C)Cc1ccc(-c2ccccc2)cc1.CC(C)(C)Cc1ccc2ccccc2c1. The normalized spacial score (nSPS) is 11.7. The van der Waals surface area contributed by atoms with Crippen LogP contribution in [0.5, 0.6) is 0 Å². The molecular weight excluding hydrogens is 384 g/mol. The first kappa shape index (κ1) is 23.8. The van der Waals surface area contributed by atoms with E-state index in [-0.39, 0.29) is 0 Å². The van der Waals surface area contributed by atoms with Crippen LogP contribution in [0.3, 0.4) is 0 Å². The van der Waals surface area contributed by atoms with Gasteiger partial charge in [0.25, 0.3) is 0 Å². The molecule has 0 bridgehead atoms. The number of fused-ring (bicyclic) bond motifs is 1. The van der Waals surface area contributed by atoms with E-state index in [1.165, 1.54) is 33.0 Å². The molecule has 0 nitrogen and oxygen atoms in total. The monoisotopic (exact) mass is 422 g/mol. The molecule has 0 saturated heterocycles. The average Bonchev–Trinajstić information content (AvgIpc) is 2.73. The van der Waals surface area contributed by atoms with Gasteiger partial charge in [0.2, 0.25) is 0 Å². The fourth-order valence-corrected chi connectivity index (χ4v) is 4.02. The zero-order valence-electron chi connectivity index (χ0n) is 20.7. The lowest BCUT2D eigenvalue weighted by atomic mass is 9.87. The molecule has 0 fully saturated rings. The van der Waals surface area contributed by atoms with Crippen molar-refractivity contribution in [1.82, 2.24) is 0 Å². The maximum atomic E-state index is 2.31. The van der Waals surface area contributed by atoms with Crippen molar-refractivity contribution < 1.29 is 0 Å². The summed E-state index contributed by atoms with van der Waals surface area (Å²) in [4.78, 5) is 0. The van der Waals surface area contributed by atoms with Crippen LogP contribution < -0.4 is 0 Å². The highest BCUT2D eigenvalue weighted by Crippen LogP contribution is 2.25. The van der Waals surface area contributed by atoms with Gasteiger partial charge >= 0.3 is 0 Å². The van der Waals surface area contributed by atoms with Crippen molar-refractivity contribution in [2.75, 3.05) is 0 Å². The smallest absolute Gasteiger partial charge is 0.0181 e. The molecule has 0 unspecified atom stereocenters. The lowest BCUT2D eigenvalue weighted by Gasteiger charge is -2.18. The Bertz CT molecular complexity index is 1100. The van der Waals surface area contributed by atoms with E-state index < -0.39 is 0 Å². The average molecular weight is 423 g/mol. The maximum absolute atomic E-state index is 2.31. The van der Waals surface area contributed by atoms with Crippen LogP contribution in [0.15, 0.2) is 97.1 Å². The third-order valence-corrected chi connectivity index (χ3v) is 5.34.